The molecule has 0 unspecified atom stereocenters. The fourth-order valence-electron chi connectivity index (χ4n) is 18.6. The molecule has 1 amide bonds. The van der Waals surface area contributed by atoms with Crippen molar-refractivity contribution in [3.63, 3.8) is 0 Å². The van der Waals surface area contributed by atoms with Crippen LogP contribution in [0, 0.1) is 50.2 Å². The van der Waals surface area contributed by atoms with E-state index in [0.29, 0.717) is 31.6 Å². The smallest absolute Gasteiger partial charge is 0.303 e. The largest absolute Gasteiger partial charge is 0.463 e. The van der Waals surface area contributed by atoms with E-state index in [1.54, 1.807) is 0 Å². The number of rotatable bonds is 21. The highest BCUT2D eigenvalue weighted by atomic mass is 16.8. The second-order valence-electron chi connectivity index (χ2n) is 31.0. The summed E-state index contributed by atoms with van der Waals surface area (Å²) in [6, 6.07) is 0. The van der Waals surface area contributed by atoms with E-state index >= 15 is 4.79 Å². The summed E-state index contributed by atoms with van der Waals surface area (Å²) in [7, 11) is 0. The van der Waals surface area contributed by atoms with Gasteiger partial charge in [0.05, 0.1) is 30.4 Å². The van der Waals surface area contributed by atoms with Crippen molar-refractivity contribution in [3.8, 4) is 0 Å². The fourth-order valence-corrected chi connectivity index (χ4v) is 18.6. The van der Waals surface area contributed by atoms with Crippen LogP contribution in [0.5, 0.6) is 0 Å². The number of aliphatic hydroxyl groups is 2. The number of aromatic nitrogens is 3. The van der Waals surface area contributed by atoms with Crippen LogP contribution in [0.15, 0.2) is 17.8 Å². The number of carbonyl (C=O) groups is 11. The van der Waals surface area contributed by atoms with E-state index in [9.17, 15) is 58.2 Å². The Bertz CT molecular complexity index is 3430. The summed E-state index contributed by atoms with van der Waals surface area (Å²) >= 11 is 0. The van der Waals surface area contributed by atoms with Gasteiger partial charge in [-0.25, -0.2) is 4.68 Å². The van der Waals surface area contributed by atoms with E-state index in [1.165, 1.54) is 11.8 Å². The number of aliphatic hydroxyl groups excluding tert-OH is 2. The van der Waals surface area contributed by atoms with Crippen LogP contribution in [0.1, 0.15) is 187 Å². The minimum atomic E-state index is -2.10. The van der Waals surface area contributed by atoms with Crippen molar-refractivity contribution < 1.29 is 134 Å². The lowest BCUT2D eigenvalue weighted by Gasteiger charge is -2.71. The van der Waals surface area contributed by atoms with Gasteiger partial charge in [-0.05, 0) is 103 Å². The van der Waals surface area contributed by atoms with Crippen LogP contribution in [0.4, 0.5) is 0 Å². The van der Waals surface area contributed by atoms with E-state index in [2.05, 4.69) is 70.2 Å². The number of nitrogens with zero attached hydrogens (tertiary/aromatic N) is 3. The number of hydrogen-bond acceptors (Lipinski definition) is 30. The molecule has 1 aromatic heterocycles. The maximum absolute atomic E-state index is 15.4. The summed E-state index contributed by atoms with van der Waals surface area (Å²) in [4.78, 5) is 145. The van der Waals surface area contributed by atoms with E-state index < -0.39 is 195 Å². The lowest BCUT2D eigenvalue weighted by molar-refractivity contribution is -0.375. The minimum absolute atomic E-state index is 0.0555. The molecule has 32 nitrogen and oxygen atoms in total. The van der Waals surface area contributed by atoms with E-state index in [-0.39, 0.29) is 51.6 Å². The number of esters is 10. The molecular weight excluding hydrogens is 1360 g/mol. The molecule has 7 fully saturated rings. The second-order valence-corrected chi connectivity index (χ2v) is 31.0. The van der Waals surface area contributed by atoms with Crippen molar-refractivity contribution in [1.29, 1.82) is 0 Å². The zero-order valence-corrected chi connectivity index (χ0v) is 61.7. The normalized spacial score (nSPS) is 38.4. The molecule has 3 saturated heterocycles. The third-order valence-electron chi connectivity index (χ3n) is 23.2. The van der Waals surface area contributed by atoms with Gasteiger partial charge in [-0.1, -0.05) is 65.3 Å². The predicted molar refractivity (Wildman–Crippen MR) is 348 cm³/mol. The highest BCUT2D eigenvalue weighted by molar-refractivity contribution is 5.85. The molecule has 0 bridgehead atoms. The van der Waals surface area contributed by atoms with Gasteiger partial charge >= 0.3 is 59.7 Å². The number of hydrogen-bond donors (Lipinski definition) is 3. The molecule has 24 atom stereocenters. The molecule has 1 aromatic rings. The molecule has 32 heteroatoms. The van der Waals surface area contributed by atoms with Crippen LogP contribution in [0.2, 0.25) is 0 Å². The standard InChI is InChI=1S/C71H102N4O28/c1-33(76)89-30-46-54(102-64-61(98-42(10)85)58(95-39(7)82)55(48(101-64)32-91-35(3)78)103-63-60(97-41(9)84)57(94-38(6)81)53(92-36(4)79)47(100-63)31-90-34(2)77)56(93-37(5)80)59(96-40(8)83)62(99-46)75-29-43(73-74-75)28-72-65(88)71-25-24-66(11,12)26-45(71)44-18-19-50-68(15)22-21-51(86)67(13,14)49(68)20-23-69(50,16)70(44,17)27-52(71)87/h18,29,45-64,86-87H,19-28,30-32H2,1-17H3,(H,72,88)/t45-,46+,47+,48+,49-,50+,51-,52+,53+,54+,55+,56-,57-,58-,59+,60+,61+,62+,63+,64+,68-,69+,70+,71+/m0/s1. The van der Waals surface area contributed by atoms with Gasteiger partial charge in [-0.2, -0.15) is 0 Å². The monoisotopic (exact) mass is 1460 g/mol. The summed E-state index contributed by atoms with van der Waals surface area (Å²) in [6.45, 7) is 23.5. The Hall–Kier alpha value is -7.23. The topological polar surface area (TPSA) is 409 Å². The molecule has 3 N–H and O–H groups in total. The van der Waals surface area contributed by atoms with Crippen LogP contribution in [-0.4, -0.2) is 209 Å². The first-order valence-corrected chi connectivity index (χ1v) is 35.2. The van der Waals surface area contributed by atoms with Crippen molar-refractivity contribution >= 4 is 65.6 Å². The van der Waals surface area contributed by atoms with Crippen molar-refractivity contribution in [2.45, 2.75) is 286 Å². The van der Waals surface area contributed by atoms with Gasteiger partial charge in [0, 0.05) is 69.2 Å². The van der Waals surface area contributed by atoms with Crippen LogP contribution in [-0.2, 0) is 130 Å². The third kappa shape index (κ3) is 16.4. The van der Waals surface area contributed by atoms with E-state index in [1.807, 2.05) is 0 Å². The Morgan fingerprint density at radius 2 is 0.951 bits per heavy atom. The van der Waals surface area contributed by atoms with Crippen molar-refractivity contribution in [1.82, 2.24) is 20.3 Å². The van der Waals surface area contributed by atoms with Gasteiger partial charge < -0.3 is 86.6 Å². The maximum atomic E-state index is 15.4. The Morgan fingerprint density at radius 1 is 0.505 bits per heavy atom. The Labute approximate surface area is 597 Å². The van der Waals surface area contributed by atoms with E-state index in [0.717, 1.165) is 106 Å². The summed E-state index contributed by atoms with van der Waals surface area (Å²) < 4.78 is 90.3. The number of ether oxygens (including phenoxy) is 15. The van der Waals surface area contributed by atoms with Gasteiger partial charge in [-0.3, -0.25) is 52.7 Å². The first-order valence-electron chi connectivity index (χ1n) is 35.2. The zero-order valence-electron chi connectivity index (χ0n) is 61.7. The molecule has 0 radical (unpaired) electrons. The zero-order chi connectivity index (χ0) is 76.0. The third-order valence-corrected chi connectivity index (χ3v) is 23.2. The number of allylic oxidation sites excluding steroid dienone is 2. The number of carbonyl (C=O) groups excluding carboxylic acids is 11. The van der Waals surface area contributed by atoms with Crippen molar-refractivity contribution in [3.05, 3.63) is 23.5 Å². The van der Waals surface area contributed by atoms with Gasteiger partial charge in [0.1, 0.15) is 56.0 Å². The van der Waals surface area contributed by atoms with Gasteiger partial charge in [0.25, 0.3) is 0 Å². The van der Waals surface area contributed by atoms with Gasteiger partial charge in [0.2, 0.25) is 5.91 Å². The molecule has 4 heterocycles. The average Bonchev–Trinajstić information content (AvgIpc) is 0.867. The Morgan fingerprint density at radius 3 is 1.45 bits per heavy atom. The predicted octanol–water partition coefficient (Wildman–Crippen LogP) is 4.36. The van der Waals surface area contributed by atoms with Crippen LogP contribution in [0.3, 0.4) is 0 Å². The average molecular weight is 1460 g/mol. The van der Waals surface area contributed by atoms with Crippen molar-refractivity contribution in [2.75, 3.05) is 19.8 Å². The second kappa shape index (κ2) is 31.1. The molecule has 5 aliphatic carbocycles. The van der Waals surface area contributed by atoms with Gasteiger partial charge in [-0.15, -0.1) is 5.10 Å². The van der Waals surface area contributed by atoms with Crippen LogP contribution >= 0.6 is 0 Å². The fraction of sp³-hybridized carbons (Fsp3) is 0.789. The first-order chi connectivity index (χ1) is 48.1. The van der Waals surface area contributed by atoms with Gasteiger partial charge in [0.15, 0.2) is 61.5 Å². The summed E-state index contributed by atoms with van der Waals surface area (Å²) in [5, 5.41) is 36.1. The number of fused-ring (bicyclic) bond motifs is 7. The first kappa shape index (κ1) is 79.9. The lowest BCUT2D eigenvalue weighted by Crippen LogP contribution is -2.68. The highest BCUT2D eigenvalue weighted by Gasteiger charge is 2.72. The molecule has 9 rings (SSSR count). The van der Waals surface area contributed by atoms with Crippen molar-refractivity contribution in [2.24, 2.45) is 50.2 Å². The molecule has 8 aliphatic rings. The number of nitrogens with one attached hydrogen (secondary N) is 1. The number of amides is 1. The quantitative estimate of drug-likeness (QED) is 0.0874. The lowest BCUT2D eigenvalue weighted by atomic mass is 9.33. The molecule has 0 aromatic carbocycles. The summed E-state index contributed by atoms with van der Waals surface area (Å²) in [5.41, 5.74) is -1.02. The molecule has 4 saturated carbocycles. The SMILES string of the molecule is CC(=O)OC[C@H]1O[C@@H](n2cc(CNC(=O)[C@]34CCC(C)(C)C[C@H]3C3=CC[C@@H]5[C@@]6(C)CC[C@H](O)C(C)(C)[C@@H]6CC[C@@]5(C)[C@]3(C)C[C@H]4O)nn2)[C@H](OC(C)=O)[C@@H](OC(C)=O)[C@@H]1O[C@H]1O[C@H](COC(C)=O)[C@@H](O[C@H]2O[C@H](COC(C)=O)[C@@H](OC(C)=O)[C@H](OC(C)=O)[C@H]2OC(C)=O)[C@H](OC(C)=O)[C@H]1OC(C)=O. The van der Waals surface area contributed by atoms with Crippen LogP contribution < -0.4 is 5.32 Å². The highest BCUT2D eigenvalue weighted by Crippen LogP contribution is 2.76. The van der Waals surface area contributed by atoms with Crippen LogP contribution in [0.25, 0.3) is 0 Å². The Balaban J connectivity index is 1.04. The summed E-state index contributed by atoms with van der Waals surface area (Å²) in [5.74, 6) is -9.81. The molecule has 574 valence electrons. The molecular formula is C71H102N4O28. The van der Waals surface area contributed by atoms with E-state index in [4.69, 9.17) is 71.1 Å². The minimum Gasteiger partial charge on any atom is -0.463 e. The molecule has 103 heavy (non-hydrogen) atoms. The molecule has 0 spiro atoms. The maximum Gasteiger partial charge on any atom is 0.303 e. The Kier molecular flexibility index (Phi) is 24.1. The molecule has 3 aliphatic heterocycles. The summed E-state index contributed by atoms with van der Waals surface area (Å²) in [6.07, 6.45) is -18.8.